The lowest BCUT2D eigenvalue weighted by molar-refractivity contribution is 0.0286. The van der Waals surface area contributed by atoms with Crippen LogP contribution in [0.15, 0.2) is 12.2 Å². The second-order valence-corrected chi connectivity index (χ2v) is 4.24. The molecule has 1 saturated heterocycles. The molecule has 0 spiro atoms. The van der Waals surface area contributed by atoms with Crippen LogP contribution in [0, 0.1) is 0 Å². The van der Waals surface area contributed by atoms with Crippen molar-refractivity contribution >= 4 is 17.9 Å². The van der Waals surface area contributed by atoms with Gasteiger partial charge in [-0.05, 0) is 6.08 Å². The van der Waals surface area contributed by atoms with Gasteiger partial charge in [-0.3, -0.25) is 0 Å². The zero-order valence-electron chi connectivity index (χ0n) is 8.61. The van der Waals surface area contributed by atoms with Gasteiger partial charge in [0.15, 0.2) is 0 Å². The molecule has 0 saturated carbocycles. The van der Waals surface area contributed by atoms with Crippen LogP contribution in [0.25, 0.3) is 0 Å². The smallest absolute Gasteiger partial charge is 0.364 e. The molecule has 0 aromatic carbocycles. The summed E-state index contributed by atoms with van der Waals surface area (Å²) in [5.41, 5.74) is 0. The third-order valence-electron chi connectivity index (χ3n) is 2.72. The van der Waals surface area contributed by atoms with Crippen LogP contribution in [-0.4, -0.2) is 41.6 Å². The Hall–Kier alpha value is -0.560. The molecule has 2 rings (SSSR count). The summed E-state index contributed by atoms with van der Waals surface area (Å²) in [6, 6.07) is 0. The van der Waals surface area contributed by atoms with Crippen LogP contribution in [0.1, 0.15) is 12.8 Å². The van der Waals surface area contributed by atoms with Crippen molar-refractivity contribution in [2.45, 2.75) is 37.3 Å². The van der Waals surface area contributed by atoms with Crippen molar-refractivity contribution in [3.05, 3.63) is 12.2 Å². The molecule has 2 aliphatic rings. The highest BCUT2D eigenvalue weighted by Crippen LogP contribution is 2.25. The molecule has 1 N–H and O–H groups in total. The van der Waals surface area contributed by atoms with Crippen LogP contribution in [-0.2, 0) is 14.2 Å². The van der Waals surface area contributed by atoms with Crippen molar-refractivity contribution in [2.24, 2.45) is 0 Å². The number of aliphatic hydroxyl groups is 1. The van der Waals surface area contributed by atoms with Gasteiger partial charge in [-0.1, -0.05) is 18.7 Å². The summed E-state index contributed by atoms with van der Waals surface area (Å²) >= 11 is 3.56. The summed E-state index contributed by atoms with van der Waals surface area (Å²) in [4.78, 5) is 10.8. The van der Waals surface area contributed by atoms with Gasteiger partial charge < -0.3 is 19.3 Å². The quantitative estimate of drug-likeness (QED) is 0.408. The molecular weight excluding hydrogens is 232 g/mol. The average molecular weight is 246 g/mol. The van der Waals surface area contributed by atoms with E-state index in [-0.39, 0.29) is 19.0 Å². The monoisotopic (exact) mass is 246 g/mol. The molecule has 0 amide bonds. The number of hydrogen-bond acceptors (Lipinski definition) is 5. The zero-order valence-corrected chi connectivity index (χ0v) is 9.51. The molecule has 4 unspecified atom stereocenters. The largest absolute Gasteiger partial charge is 0.450 e. The van der Waals surface area contributed by atoms with Crippen LogP contribution in [0.5, 0.6) is 0 Å². The Kier molecular flexibility index (Phi) is 3.86. The van der Waals surface area contributed by atoms with E-state index in [0.29, 0.717) is 12.8 Å². The van der Waals surface area contributed by atoms with E-state index < -0.39 is 17.5 Å². The molecular formula is C10H14O5S. The lowest BCUT2D eigenvalue weighted by atomic mass is 9.97. The Morgan fingerprint density at radius 1 is 1.31 bits per heavy atom. The van der Waals surface area contributed by atoms with E-state index in [4.69, 9.17) is 14.2 Å². The minimum atomic E-state index is -0.639. The molecule has 0 aromatic heterocycles. The van der Waals surface area contributed by atoms with E-state index in [1.807, 2.05) is 0 Å². The molecule has 5 nitrogen and oxygen atoms in total. The molecule has 4 atom stereocenters. The first kappa shape index (κ1) is 11.9. The van der Waals surface area contributed by atoms with Gasteiger partial charge in [0.2, 0.25) is 0 Å². The van der Waals surface area contributed by atoms with Gasteiger partial charge >= 0.3 is 5.30 Å². The molecule has 1 heterocycles. The average Bonchev–Trinajstić information content (AvgIpc) is 2.58. The number of hydrogen-bond donors (Lipinski definition) is 2. The number of ether oxygens (including phenoxy) is 3. The summed E-state index contributed by atoms with van der Waals surface area (Å²) in [6.45, 7) is 0.226. The Bertz CT molecular complexity index is 293. The Morgan fingerprint density at radius 2 is 2.00 bits per heavy atom. The lowest BCUT2D eigenvalue weighted by Crippen LogP contribution is -2.33. The minimum Gasteiger partial charge on any atom is -0.450 e. The molecule has 16 heavy (non-hydrogen) atoms. The van der Waals surface area contributed by atoms with Crippen LogP contribution in [0.4, 0.5) is 4.79 Å². The van der Waals surface area contributed by atoms with Gasteiger partial charge in [-0.15, -0.1) is 0 Å². The first-order valence-electron chi connectivity index (χ1n) is 5.14. The van der Waals surface area contributed by atoms with Crippen molar-refractivity contribution in [3.8, 4) is 0 Å². The molecule has 0 bridgehead atoms. The van der Waals surface area contributed by atoms with E-state index >= 15 is 0 Å². The number of rotatable bonds is 1. The van der Waals surface area contributed by atoms with Gasteiger partial charge in [-0.2, -0.15) is 0 Å². The third-order valence-corrected chi connectivity index (χ3v) is 2.82. The van der Waals surface area contributed by atoms with Crippen LogP contribution in [0.3, 0.4) is 0 Å². The maximum Gasteiger partial charge on any atom is 0.364 e. The van der Waals surface area contributed by atoms with Crippen LogP contribution in [0.2, 0.25) is 0 Å². The fourth-order valence-corrected chi connectivity index (χ4v) is 2.10. The van der Waals surface area contributed by atoms with E-state index in [0.717, 1.165) is 0 Å². The summed E-state index contributed by atoms with van der Waals surface area (Å²) < 4.78 is 15.7. The highest BCUT2D eigenvalue weighted by Gasteiger charge is 2.34. The summed E-state index contributed by atoms with van der Waals surface area (Å²) in [7, 11) is 0. The van der Waals surface area contributed by atoms with Crippen molar-refractivity contribution in [2.75, 3.05) is 6.79 Å². The fraction of sp³-hybridized carbons (Fsp3) is 0.700. The van der Waals surface area contributed by atoms with Gasteiger partial charge in [0.05, 0.1) is 18.3 Å². The molecule has 0 radical (unpaired) electrons. The Balaban J connectivity index is 2.05. The third kappa shape index (κ3) is 2.98. The van der Waals surface area contributed by atoms with E-state index in [2.05, 4.69) is 12.6 Å². The summed E-state index contributed by atoms with van der Waals surface area (Å²) in [6.07, 6.45) is 3.00. The van der Waals surface area contributed by atoms with Crippen molar-refractivity contribution < 1.29 is 24.1 Å². The predicted octanol–water partition coefficient (Wildman–Crippen LogP) is 0.874. The number of carbonyl (C=O) groups excluding carboxylic acids is 1. The second-order valence-electron chi connectivity index (χ2n) is 3.87. The van der Waals surface area contributed by atoms with E-state index in [1.54, 1.807) is 12.2 Å². The SMILES string of the molecule is O=C(S)OC1C=CC(O)CC2OCOC2C1. The number of carbonyl (C=O) groups is 1. The fourth-order valence-electron chi connectivity index (χ4n) is 1.96. The van der Waals surface area contributed by atoms with Crippen molar-refractivity contribution in [1.29, 1.82) is 0 Å². The summed E-state index contributed by atoms with van der Waals surface area (Å²) in [5.74, 6) is 0. The topological polar surface area (TPSA) is 65.0 Å². The van der Waals surface area contributed by atoms with Gasteiger partial charge in [0.1, 0.15) is 12.9 Å². The highest BCUT2D eigenvalue weighted by atomic mass is 32.1. The standard InChI is InChI=1S/C10H14O5S/c11-6-1-2-7(15-10(12)16)4-9-8(3-6)13-5-14-9/h1-2,6-9,11H,3-5H2,(H,12,16). The Labute approximate surface area is 98.8 Å². The predicted molar refractivity (Wildman–Crippen MR) is 58.2 cm³/mol. The van der Waals surface area contributed by atoms with Crippen LogP contribution < -0.4 is 0 Å². The lowest BCUT2D eigenvalue weighted by Gasteiger charge is -2.24. The maximum absolute atomic E-state index is 10.8. The molecule has 0 aromatic rings. The molecule has 1 fully saturated rings. The summed E-state index contributed by atoms with van der Waals surface area (Å²) in [5, 5.41) is 8.99. The molecule has 1 aliphatic carbocycles. The van der Waals surface area contributed by atoms with E-state index in [9.17, 15) is 9.90 Å². The first-order chi connectivity index (χ1) is 7.65. The number of aliphatic hydroxyl groups excluding tert-OH is 1. The first-order valence-corrected chi connectivity index (χ1v) is 5.59. The molecule has 6 heteroatoms. The van der Waals surface area contributed by atoms with E-state index in [1.165, 1.54) is 0 Å². The second kappa shape index (κ2) is 5.18. The normalized spacial score (nSPS) is 38.6. The highest BCUT2D eigenvalue weighted by molar-refractivity contribution is 7.96. The Morgan fingerprint density at radius 3 is 2.69 bits per heavy atom. The van der Waals surface area contributed by atoms with Crippen LogP contribution >= 0.6 is 12.6 Å². The van der Waals surface area contributed by atoms with Gasteiger partial charge in [-0.25, -0.2) is 4.79 Å². The molecule has 90 valence electrons. The van der Waals surface area contributed by atoms with Crippen molar-refractivity contribution in [1.82, 2.24) is 0 Å². The molecule has 1 aliphatic heterocycles. The van der Waals surface area contributed by atoms with Gasteiger partial charge in [0.25, 0.3) is 0 Å². The minimum absolute atomic E-state index is 0.138. The number of thiol groups is 1. The van der Waals surface area contributed by atoms with Gasteiger partial charge in [0, 0.05) is 12.8 Å². The maximum atomic E-state index is 10.8. The van der Waals surface area contributed by atoms with Crippen molar-refractivity contribution in [3.63, 3.8) is 0 Å². The number of fused-ring (bicyclic) bond motifs is 1. The zero-order chi connectivity index (χ0) is 11.5.